The van der Waals surface area contributed by atoms with Crippen LogP contribution in [-0.2, 0) is 0 Å². The average molecular weight is 253 g/mol. The largest absolute Gasteiger partial charge is 0.394 e. The zero-order chi connectivity index (χ0) is 13.4. The zero-order valence-corrected chi connectivity index (χ0v) is 11.1. The number of nitrogens with zero attached hydrogens (tertiary/aromatic N) is 1. The highest BCUT2D eigenvalue weighted by Gasteiger charge is 2.26. The van der Waals surface area contributed by atoms with E-state index in [-0.39, 0.29) is 13.2 Å². The Morgan fingerprint density at radius 2 is 1.83 bits per heavy atom. The smallest absolute Gasteiger partial charge is 0.128 e. The first-order valence-electron chi connectivity index (χ1n) is 6.40. The van der Waals surface area contributed by atoms with Gasteiger partial charge in [0.25, 0.3) is 0 Å². The maximum atomic E-state index is 9.38. The Balaban J connectivity index is 2.77. The van der Waals surface area contributed by atoms with Crippen molar-refractivity contribution in [2.24, 2.45) is 0 Å². The number of pyridine rings is 1. The van der Waals surface area contributed by atoms with Gasteiger partial charge in [0.1, 0.15) is 11.6 Å². The van der Waals surface area contributed by atoms with E-state index >= 15 is 0 Å². The van der Waals surface area contributed by atoms with E-state index < -0.39 is 5.54 Å². The summed E-state index contributed by atoms with van der Waals surface area (Å²) in [5.74, 6) is 1.45. The molecule has 0 saturated carbocycles. The van der Waals surface area contributed by atoms with Gasteiger partial charge in [0, 0.05) is 6.54 Å². The van der Waals surface area contributed by atoms with Crippen LogP contribution >= 0.6 is 0 Å². The molecule has 0 saturated heterocycles. The second-order valence-corrected chi connectivity index (χ2v) is 4.41. The number of aromatic nitrogens is 1. The van der Waals surface area contributed by atoms with Gasteiger partial charge in [0.05, 0.1) is 18.8 Å². The summed E-state index contributed by atoms with van der Waals surface area (Å²) >= 11 is 0. The Kier molecular flexibility index (Phi) is 5.88. The highest BCUT2D eigenvalue weighted by Crippen LogP contribution is 2.18. The lowest BCUT2D eigenvalue weighted by Gasteiger charge is -2.30. The fraction of sp³-hybridized carbons (Fsp3) is 0.615. The Labute approximate surface area is 108 Å². The normalized spacial score (nSPS) is 11.3. The Morgan fingerprint density at radius 1 is 1.17 bits per heavy atom. The predicted octanol–water partition coefficient (Wildman–Crippen LogP) is 1.45. The summed E-state index contributed by atoms with van der Waals surface area (Å²) in [6.07, 6.45) is 1.65. The fourth-order valence-electron chi connectivity index (χ4n) is 1.57. The number of rotatable bonds is 8. The minimum Gasteiger partial charge on any atom is -0.394 e. The molecule has 1 aromatic heterocycles. The van der Waals surface area contributed by atoms with Crippen molar-refractivity contribution in [1.29, 1.82) is 0 Å². The molecule has 0 amide bonds. The van der Waals surface area contributed by atoms with Crippen molar-refractivity contribution in [1.82, 2.24) is 4.98 Å². The molecule has 4 N–H and O–H groups in total. The van der Waals surface area contributed by atoms with E-state index in [2.05, 4.69) is 22.5 Å². The Hall–Kier alpha value is -1.33. The van der Waals surface area contributed by atoms with Crippen LogP contribution in [0.5, 0.6) is 0 Å². The van der Waals surface area contributed by atoms with Crippen LogP contribution in [0.2, 0.25) is 0 Å². The van der Waals surface area contributed by atoms with E-state index in [1.807, 2.05) is 25.1 Å². The molecule has 1 rings (SSSR count). The minimum absolute atomic E-state index is 0.131. The Morgan fingerprint density at radius 3 is 2.39 bits per heavy atom. The molecule has 0 bridgehead atoms. The van der Waals surface area contributed by atoms with Crippen LogP contribution in [0.15, 0.2) is 18.2 Å². The number of aliphatic hydroxyl groups excluding tert-OH is 2. The van der Waals surface area contributed by atoms with E-state index in [9.17, 15) is 10.2 Å². The van der Waals surface area contributed by atoms with E-state index in [1.165, 1.54) is 0 Å². The molecular weight excluding hydrogens is 230 g/mol. The molecule has 0 fully saturated rings. The van der Waals surface area contributed by atoms with Crippen LogP contribution < -0.4 is 10.6 Å². The van der Waals surface area contributed by atoms with Gasteiger partial charge in [0.15, 0.2) is 0 Å². The molecule has 5 nitrogen and oxygen atoms in total. The second kappa shape index (κ2) is 7.18. The van der Waals surface area contributed by atoms with Gasteiger partial charge in [-0.2, -0.15) is 0 Å². The van der Waals surface area contributed by atoms with Gasteiger partial charge >= 0.3 is 0 Å². The number of hydrogen-bond acceptors (Lipinski definition) is 5. The molecule has 0 aliphatic heterocycles. The van der Waals surface area contributed by atoms with Crippen LogP contribution in [0, 0.1) is 0 Å². The van der Waals surface area contributed by atoms with E-state index in [4.69, 9.17) is 0 Å². The van der Waals surface area contributed by atoms with Gasteiger partial charge in [-0.05, 0) is 25.0 Å². The molecule has 5 heteroatoms. The van der Waals surface area contributed by atoms with Crippen LogP contribution in [0.3, 0.4) is 0 Å². The molecule has 0 radical (unpaired) electrons. The second-order valence-electron chi connectivity index (χ2n) is 4.41. The molecule has 102 valence electrons. The van der Waals surface area contributed by atoms with Gasteiger partial charge < -0.3 is 20.8 Å². The monoisotopic (exact) mass is 253 g/mol. The summed E-state index contributed by atoms with van der Waals surface area (Å²) in [4.78, 5) is 4.39. The molecule has 0 atom stereocenters. The lowest BCUT2D eigenvalue weighted by atomic mass is 9.98. The third kappa shape index (κ3) is 3.85. The number of nitrogens with one attached hydrogen (secondary N) is 2. The minimum atomic E-state index is -0.712. The highest BCUT2D eigenvalue weighted by molar-refractivity contribution is 5.46. The molecule has 0 unspecified atom stereocenters. The number of aliphatic hydroxyl groups is 2. The molecule has 1 heterocycles. The van der Waals surface area contributed by atoms with Crippen LogP contribution in [0.25, 0.3) is 0 Å². The molecular formula is C13H23N3O2. The van der Waals surface area contributed by atoms with Gasteiger partial charge in [0.2, 0.25) is 0 Å². The summed E-state index contributed by atoms with van der Waals surface area (Å²) in [5.41, 5.74) is -0.712. The van der Waals surface area contributed by atoms with Crippen molar-refractivity contribution in [3.8, 4) is 0 Å². The third-order valence-corrected chi connectivity index (χ3v) is 2.98. The van der Waals surface area contributed by atoms with Crippen LogP contribution in [0.4, 0.5) is 11.6 Å². The number of anilines is 2. The molecule has 0 aromatic carbocycles. The topological polar surface area (TPSA) is 77.4 Å². The fourth-order valence-corrected chi connectivity index (χ4v) is 1.57. The first-order valence-corrected chi connectivity index (χ1v) is 6.40. The van der Waals surface area contributed by atoms with Gasteiger partial charge in [-0.15, -0.1) is 0 Å². The summed E-state index contributed by atoms with van der Waals surface area (Å²) in [5, 5.41) is 25.1. The quantitative estimate of drug-likeness (QED) is 0.564. The van der Waals surface area contributed by atoms with Crippen LogP contribution in [0.1, 0.15) is 26.7 Å². The molecule has 18 heavy (non-hydrogen) atoms. The summed E-state index contributed by atoms with van der Waals surface area (Å²) in [7, 11) is 0. The maximum absolute atomic E-state index is 9.38. The Bertz CT molecular complexity index is 346. The van der Waals surface area contributed by atoms with Crippen molar-refractivity contribution >= 4 is 11.6 Å². The predicted molar refractivity (Wildman–Crippen MR) is 73.8 cm³/mol. The van der Waals surface area contributed by atoms with Gasteiger partial charge in [-0.1, -0.05) is 19.9 Å². The van der Waals surface area contributed by atoms with Crippen molar-refractivity contribution < 1.29 is 10.2 Å². The van der Waals surface area contributed by atoms with Crippen molar-refractivity contribution in [3.05, 3.63) is 18.2 Å². The number of hydrogen-bond donors (Lipinski definition) is 4. The lowest BCUT2D eigenvalue weighted by Crippen LogP contribution is -2.45. The maximum Gasteiger partial charge on any atom is 0.128 e. The first-order chi connectivity index (χ1) is 8.69. The van der Waals surface area contributed by atoms with E-state index in [0.29, 0.717) is 12.2 Å². The molecule has 0 aliphatic carbocycles. The average Bonchev–Trinajstić information content (AvgIpc) is 2.43. The molecule has 0 spiro atoms. The molecule has 1 aromatic rings. The van der Waals surface area contributed by atoms with Crippen molar-refractivity contribution in [2.45, 2.75) is 32.2 Å². The van der Waals surface area contributed by atoms with Crippen molar-refractivity contribution in [3.63, 3.8) is 0 Å². The van der Waals surface area contributed by atoms with Crippen LogP contribution in [-0.4, -0.2) is 40.5 Å². The summed E-state index contributed by atoms with van der Waals surface area (Å²) in [6.45, 7) is 4.62. The van der Waals surface area contributed by atoms with Gasteiger partial charge in [-0.25, -0.2) is 4.98 Å². The highest BCUT2D eigenvalue weighted by atomic mass is 16.3. The van der Waals surface area contributed by atoms with Gasteiger partial charge in [-0.3, -0.25) is 0 Å². The van der Waals surface area contributed by atoms with E-state index in [0.717, 1.165) is 18.8 Å². The summed E-state index contributed by atoms with van der Waals surface area (Å²) in [6, 6.07) is 5.61. The SMILES string of the molecule is CCCNc1cccc(NC(CC)(CO)CO)n1. The summed E-state index contributed by atoms with van der Waals surface area (Å²) < 4.78 is 0. The van der Waals surface area contributed by atoms with E-state index in [1.54, 1.807) is 0 Å². The zero-order valence-electron chi connectivity index (χ0n) is 11.1. The first kappa shape index (κ1) is 14.7. The molecule has 0 aliphatic rings. The van der Waals surface area contributed by atoms with Crippen molar-refractivity contribution in [2.75, 3.05) is 30.4 Å². The standard InChI is InChI=1S/C13H23N3O2/c1-3-8-14-11-6-5-7-12(15-11)16-13(4-2,9-17)10-18/h5-7,17-18H,3-4,8-10H2,1-2H3,(H2,14,15,16). The third-order valence-electron chi connectivity index (χ3n) is 2.98. The lowest BCUT2D eigenvalue weighted by molar-refractivity contribution is 0.132.